The Kier molecular flexibility index (Phi) is 6.67. The Balaban J connectivity index is 1.68. The van der Waals surface area contributed by atoms with E-state index in [1.54, 1.807) is 28.9 Å². The number of thiazole rings is 1. The summed E-state index contributed by atoms with van der Waals surface area (Å²) >= 11 is 4.47. The molecule has 0 aliphatic heterocycles. The van der Waals surface area contributed by atoms with Gasteiger partial charge in [0, 0.05) is 22.9 Å². The van der Waals surface area contributed by atoms with Gasteiger partial charge in [-0.05, 0) is 77.0 Å². The Bertz CT molecular complexity index is 1450. The largest absolute Gasteiger partial charge is 0.476 e. The van der Waals surface area contributed by atoms with Gasteiger partial charge in [-0.1, -0.05) is 12.1 Å². The van der Waals surface area contributed by atoms with E-state index < -0.39 is 17.0 Å². The summed E-state index contributed by atoms with van der Waals surface area (Å²) in [6.07, 6.45) is 3.60. The fourth-order valence-corrected chi connectivity index (χ4v) is 5.46. The van der Waals surface area contributed by atoms with E-state index >= 15 is 0 Å². The minimum absolute atomic E-state index is 0.0533. The van der Waals surface area contributed by atoms with Crippen molar-refractivity contribution in [2.45, 2.75) is 30.6 Å². The van der Waals surface area contributed by atoms with Gasteiger partial charge in [0.2, 0.25) is 5.13 Å². The maximum absolute atomic E-state index is 14.1. The zero-order valence-corrected chi connectivity index (χ0v) is 21.5. The van der Waals surface area contributed by atoms with Gasteiger partial charge in [-0.3, -0.25) is 0 Å². The fraction of sp³-hybridized carbons (Fsp3) is 0.208. The Hall–Kier alpha value is -2.73. The summed E-state index contributed by atoms with van der Waals surface area (Å²) in [4.78, 5) is 16.3. The lowest BCUT2D eigenvalue weighted by molar-refractivity contribution is 0.0691. The van der Waals surface area contributed by atoms with Crippen molar-refractivity contribution in [1.29, 1.82) is 0 Å². The molecule has 1 aliphatic carbocycles. The van der Waals surface area contributed by atoms with Crippen LogP contribution >= 0.6 is 27.3 Å². The third-order valence-electron chi connectivity index (χ3n) is 5.87. The summed E-state index contributed by atoms with van der Waals surface area (Å²) in [6, 6.07) is 12.0. The molecule has 0 radical (unpaired) electrons. The maximum atomic E-state index is 14.1. The van der Waals surface area contributed by atoms with Crippen LogP contribution in [0.5, 0.6) is 0 Å². The molecule has 180 valence electrons. The van der Waals surface area contributed by atoms with Crippen LogP contribution in [0.15, 0.2) is 57.2 Å². The number of carboxylic acids is 1. The number of aromatic nitrogens is 3. The minimum atomic E-state index is -1.56. The van der Waals surface area contributed by atoms with Crippen molar-refractivity contribution >= 4 is 44.2 Å². The third-order valence-corrected chi connectivity index (χ3v) is 8.03. The highest BCUT2D eigenvalue weighted by Crippen LogP contribution is 2.38. The van der Waals surface area contributed by atoms with Crippen molar-refractivity contribution in [1.82, 2.24) is 14.8 Å². The summed E-state index contributed by atoms with van der Waals surface area (Å²) in [7, 11) is -1.56. The van der Waals surface area contributed by atoms with Gasteiger partial charge in [-0.25, -0.2) is 28.2 Å². The highest BCUT2D eigenvalue weighted by Gasteiger charge is 2.29. The monoisotopic (exact) mass is 574 g/mol. The van der Waals surface area contributed by atoms with Gasteiger partial charge in [0.1, 0.15) is 16.8 Å². The highest BCUT2D eigenvalue weighted by molar-refractivity contribution is 9.10. The number of carboxylic acid groups (broad SMARTS) is 1. The lowest BCUT2D eigenvalue weighted by atomic mass is 9.97. The van der Waals surface area contributed by atoms with E-state index in [1.165, 1.54) is 22.8 Å². The van der Waals surface area contributed by atoms with Crippen LogP contribution in [-0.4, -0.2) is 30.0 Å². The molecule has 0 spiro atoms. The van der Waals surface area contributed by atoms with Crippen molar-refractivity contribution in [2.75, 3.05) is 0 Å². The van der Waals surface area contributed by atoms with Crippen LogP contribution < -0.4 is 5.14 Å². The first-order valence-electron chi connectivity index (χ1n) is 10.8. The van der Waals surface area contributed by atoms with Crippen LogP contribution in [0.1, 0.15) is 40.2 Å². The van der Waals surface area contributed by atoms with E-state index in [0.29, 0.717) is 26.8 Å². The molecule has 35 heavy (non-hydrogen) atoms. The molecule has 1 aliphatic rings. The second-order valence-corrected chi connectivity index (χ2v) is 11.2. The van der Waals surface area contributed by atoms with Crippen molar-refractivity contribution in [3.8, 4) is 16.4 Å². The van der Waals surface area contributed by atoms with Gasteiger partial charge < -0.3 is 5.11 Å². The summed E-state index contributed by atoms with van der Waals surface area (Å²) in [5.74, 6) is -0.938. The molecule has 5 rings (SSSR count). The molecular weight excluding hydrogens is 555 g/mol. The van der Waals surface area contributed by atoms with Crippen LogP contribution in [0.4, 0.5) is 4.39 Å². The molecule has 2 aromatic heterocycles. The second kappa shape index (κ2) is 9.73. The van der Waals surface area contributed by atoms with Crippen molar-refractivity contribution < 1.29 is 18.5 Å². The molecule has 0 bridgehead atoms. The number of hydrogen-bond acceptors (Lipinski definition) is 5. The number of nitrogens with zero attached hydrogens (tertiary/aromatic N) is 3. The Morgan fingerprint density at radius 2 is 2.00 bits per heavy atom. The van der Waals surface area contributed by atoms with Crippen LogP contribution in [-0.2, 0) is 23.8 Å². The zero-order valence-electron chi connectivity index (χ0n) is 18.3. The molecule has 0 amide bonds. The van der Waals surface area contributed by atoms with Gasteiger partial charge >= 0.3 is 5.97 Å². The predicted octanol–water partition coefficient (Wildman–Crippen LogP) is 5.12. The Morgan fingerprint density at radius 1 is 1.26 bits per heavy atom. The molecule has 1 fully saturated rings. The predicted molar refractivity (Wildman–Crippen MR) is 136 cm³/mol. The smallest absolute Gasteiger partial charge is 0.355 e. The number of rotatable bonds is 8. The Labute approximate surface area is 215 Å². The molecule has 3 N–H and O–H groups in total. The van der Waals surface area contributed by atoms with Crippen LogP contribution in [0, 0.1) is 11.7 Å². The molecular formula is C24H20BrFN4O3S2. The van der Waals surface area contributed by atoms with E-state index in [-0.39, 0.29) is 11.5 Å². The van der Waals surface area contributed by atoms with Crippen molar-refractivity contribution in [2.24, 2.45) is 11.1 Å². The molecule has 1 unspecified atom stereocenters. The van der Waals surface area contributed by atoms with E-state index in [0.717, 1.165) is 47.3 Å². The first kappa shape index (κ1) is 24.0. The lowest BCUT2D eigenvalue weighted by Crippen LogP contribution is -2.03. The van der Waals surface area contributed by atoms with Gasteiger partial charge in [0.15, 0.2) is 5.69 Å². The highest BCUT2D eigenvalue weighted by atomic mass is 79.9. The minimum Gasteiger partial charge on any atom is -0.476 e. The molecule has 0 saturated heterocycles. The van der Waals surface area contributed by atoms with Gasteiger partial charge in [-0.15, -0.1) is 11.3 Å². The molecule has 4 aromatic rings. The summed E-state index contributed by atoms with van der Waals surface area (Å²) < 4.78 is 27.7. The molecule has 2 aromatic carbocycles. The topological polar surface area (TPSA) is 111 Å². The molecule has 1 saturated carbocycles. The molecule has 1 atom stereocenters. The van der Waals surface area contributed by atoms with Gasteiger partial charge in [-0.2, -0.15) is 5.10 Å². The van der Waals surface area contributed by atoms with Crippen LogP contribution in [0.2, 0.25) is 0 Å². The van der Waals surface area contributed by atoms with Gasteiger partial charge in [0.05, 0.1) is 20.8 Å². The third kappa shape index (κ3) is 5.13. The van der Waals surface area contributed by atoms with Crippen LogP contribution in [0.25, 0.3) is 16.4 Å². The number of benzene rings is 2. The average Bonchev–Trinajstić information content (AvgIpc) is 3.38. The number of halogens is 2. The first-order chi connectivity index (χ1) is 16.8. The summed E-state index contributed by atoms with van der Waals surface area (Å²) in [5.41, 5.74) is 4.25. The Morgan fingerprint density at radius 3 is 2.60 bits per heavy atom. The van der Waals surface area contributed by atoms with E-state index in [1.807, 2.05) is 12.1 Å². The fourth-order valence-electron chi connectivity index (χ4n) is 3.92. The second-order valence-electron chi connectivity index (χ2n) is 8.40. The van der Waals surface area contributed by atoms with Gasteiger partial charge in [0.25, 0.3) is 0 Å². The number of hydrogen-bond donors (Lipinski definition) is 2. The van der Waals surface area contributed by atoms with Crippen molar-refractivity contribution in [3.63, 3.8) is 0 Å². The van der Waals surface area contributed by atoms with Crippen molar-refractivity contribution in [3.05, 3.63) is 80.6 Å². The zero-order chi connectivity index (χ0) is 24.7. The lowest BCUT2D eigenvalue weighted by Gasteiger charge is -2.10. The number of carbonyl (C=O) groups is 1. The normalized spacial score (nSPS) is 14.3. The summed E-state index contributed by atoms with van der Waals surface area (Å²) in [6.45, 7) is 0. The van der Waals surface area contributed by atoms with E-state index in [2.05, 4.69) is 20.9 Å². The standard InChI is InChI=1S/C24H20BrFN4O3S2/c25-18-11-15(5-8-19(18)26)22-17(9-13-3-6-16(7-4-13)35(27)33)20(10-14-1-2-14)29-30(22)24-28-21(12-34-24)23(31)32/h3-8,11-12,14H,1-2,9-10,27H2,(H,31,32). The molecule has 2 heterocycles. The average molecular weight is 575 g/mol. The molecule has 11 heteroatoms. The van der Waals surface area contributed by atoms with Crippen LogP contribution in [0.3, 0.4) is 0 Å². The molecule has 7 nitrogen and oxygen atoms in total. The quantitative estimate of drug-likeness (QED) is 0.303. The first-order valence-corrected chi connectivity index (χ1v) is 13.7. The maximum Gasteiger partial charge on any atom is 0.355 e. The van der Waals surface area contributed by atoms with E-state index in [4.69, 9.17) is 10.2 Å². The van der Waals surface area contributed by atoms with E-state index in [9.17, 15) is 18.5 Å². The number of nitrogens with two attached hydrogens (primary N) is 1. The SMILES string of the molecule is NS(=O)c1ccc(Cc2c(CC3CC3)nn(-c3nc(C(=O)O)cs3)c2-c2ccc(F)c(Br)c2)cc1. The number of aromatic carboxylic acids is 1. The summed E-state index contributed by atoms with van der Waals surface area (Å²) in [5, 5.41) is 21.7.